The number of alkyl carbamates (subject to hydrolysis) is 1. The fourth-order valence-corrected chi connectivity index (χ4v) is 4.52. The number of carbonyl (C=O) groups is 1. The molecule has 34 heavy (non-hydrogen) atoms. The second-order valence-corrected chi connectivity index (χ2v) is 9.69. The van der Waals surface area contributed by atoms with Gasteiger partial charge < -0.3 is 20.4 Å². The van der Waals surface area contributed by atoms with Crippen LogP contribution in [0.2, 0.25) is 0 Å². The van der Waals surface area contributed by atoms with Crippen molar-refractivity contribution in [1.29, 1.82) is 0 Å². The standard InChI is InChI=1S/C25H27BrN6O2/c1-5-8-17(31-24(33)34-25(2,3)4)13-32-21(26)19(20-22(27)29-14-30-23(20)32)16-11-15-9-6-7-10-18(15)28-12-16/h5-7,9-12,14,17H,1,8,13H2,2-4H3,(H,31,33)(H2,27,29,30)/t17-/m0/s1/i12D. The second-order valence-electron chi connectivity index (χ2n) is 8.94. The number of nitrogens with zero attached hydrogens (tertiary/aromatic N) is 4. The first-order valence-corrected chi connectivity index (χ1v) is 11.6. The third-order valence-corrected chi connectivity index (χ3v) is 6.01. The molecule has 0 fully saturated rings. The van der Waals surface area contributed by atoms with Crippen LogP contribution in [0.15, 0.2) is 60.1 Å². The lowest BCUT2D eigenvalue weighted by molar-refractivity contribution is 0.0500. The van der Waals surface area contributed by atoms with Crippen molar-refractivity contribution in [2.24, 2.45) is 0 Å². The zero-order chi connectivity index (χ0) is 25.3. The van der Waals surface area contributed by atoms with Crippen molar-refractivity contribution in [3.63, 3.8) is 0 Å². The van der Waals surface area contributed by atoms with Crippen molar-refractivity contribution in [2.45, 2.75) is 45.4 Å². The SMILES string of the molecule is [2H]c1nc2ccccc2cc1-c1c(Br)n(C[C@H](CC=C)NC(=O)OC(C)(C)C)c2ncnc(N)c12. The van der Waals surface area contributed by atoms with Crippen LogP contribution in [0.25, 0.3) is 33.1 Å². The van der Waals surface area contributed by atoms with Crippen LogP contribution in [0.4, 0.5) is 10.6 Å². The van der Waals surface area contributed by atoms with E-state index in [0.29, 0.717) is 39.7 Å². The zero-order valence-electron chi connectivity index (χ0n) is 20.3. The van der Waals surface area contributed by atoms with E-state index < -0.39 is 11.7 Å². The van der Waals surface area contributed by atoms with Gasteiger partial charge in [0.15, 0.2) is 0 Å². The van der Waals surface area contributed by atoms with Crippen LogP contribution in [-0.4, -0.2) is 37.3 Å². The molecule has 1 amide bonds. The Labute approximate surface area is 207 Å². The number of nitrogen functional groups attached to an aromatic ring is 1. The number of halogens is 1. The Morgan fingerprint density at radius 1 is 1.35 bits per heavy atom. The predicted octanol–water partition coefficient (Wildman–Crippen LogP) is 5.46. The molecule has 0 aliphatic heterocycles. The average molecular weight is 524 g/mol. The molecule has 0 saturated carbocycles. The molecule has 0 radical (unpaired) electrons. The van der Waals surface area contributed by atoms with Crippen LogP contribution in [0, 0.1) is 0 Å². The Bertz CT molecular complexity index is 1430. The summed E-state index contributed by atoms with van der Waals surface area (Å²) in [6, 6.07) is 9.22. The molecule has 0 aliphatic carbocycles. The number of nitrogens with one attached hydrogen (secondary N) is 1. The van der Waals surface area contributed by atoms with Crippen molar-refractivity contribution in [1.82, 2.24) is 24.8 Å². The van der Waals surface area contributed by atoms with Gasteiger partial charge in [0.25, 0.3) is 0 Å². The number of amides is 1. The van der Waals surface area contributed by atoms with E-state index >= 15 is 0 Å². The Balaban J connectivity index is 1.83. The smallest absolute Gasteiger partial charge is 0.407 e. The fourth-order valence-electron chi connectivity index (χ4n) is 3.80. The molecule has 0 saturated heterocycles. The van der Waals surface area contributed by atoms with Gasteiger partial charge in [0, 0.05) is 29.2 Å². The highest BCUT2D eigenvalue weighted by Crippen LogP contribution is 2.40. The predicted molar refractivity (Wildman–Crippen MR) is 138 cm³/mol. The summed E-state index contributed by atoms with van der Waals surface area (Å²) in [7, 11) is 0. The van der Waals surface area contributed by atoms with Crippen LogP contribution >= 0.6 is 15.9 Å². The second kappa shape index (κ2) is 9.42. The van der Waals surface area contributed by atoms with E-state index in [1.165, 1.54) is 6.33 Å². The molecule has 8 nitrogen and oxygen atoms in total. The molecule has 1 atom stereocenters. The van der Waals surface area contributed by atoms with Gasteiger partial charge in [-0.25, -0.2) is 14.8 Å². The maximum atomic E-state index is 12.5. The Morgan fingerprint density at radius 2 is 2.12 bits per heavy atom. The first-order chi connectivity index (χ1) is 16.6. The van der Waals surface area contributed by atoms with E-state index in [1.807, 2.05) is 55.7 Å². The van der Waals surface area contributed by atoms with Crippen LogP contribution in [0.5, 0.6) is 0 Å². The number of carbonyl (C=O) groups excluding carboxylic acids is 1. The van der Waals surface area contributed by atoms with Gasteiger partial charge in [-0.3, -0.25) is 4.98 Å². The number of rotatable bonds is 6. The molecule has 176 valence electrons. The normalized spacial score (nSPS) is 13.0. The molecule has 0 spiro atoms. The summed E-state index contributed by atoms with van der Waals surface area (Å²) in [6.07, 6.45) is 3.23. The fraction of sp³-hybridized carbons (Fsp3) is 0.280. The summed E-state index contributed by atoms with van der Waals surface area (Å²) in [6.45, 7) is 9.62. The van der Waals surface area contributed by atoms with Gasteiger partial charge in [-0.1, -0.05) is 24.3 Å². The van der Waals surface area contributed by atoms with Crippen LogP contribution in [-0.2, 0) is 11.3 Å². The number of ether oxygens (including phenoxy) is 1. The van der Waals surface area contributed by atoms with Crippen molar-refractivity contribution < 1.29 is 10.9 Å². The molecule has 9 heteroatoms. The van der Waals surface area contributed by atoms with Crippen molar-refractivity contribution in [3.05, 3.63) is 60.1 Å². The summed E-state index contributed by atoms with van der Waals surface area (Å²) < 4.78 is 16.6. The van der Waals surface area contributed by atoms with Gasteiger partial charge >= 0.3 is 6.09 Å². The van der Waals surface area contributed by atoms with Gasteiger partial charge in [0.2, 0.25) is 0 Å². The highest BCUT2D eigenvalue weighted by atomic mass is 79.9. The monoisotopic (exact) mass is 523 g/mol. The number of hydrogen-bond donors (Lipinski definition) is 2. The van der Waals surface area contributed by atoms with Crippen LogP contribution in [0.1, 0.15) is 28.6 Å². The third-order valence-electron chi connectivity index (χ3n) is 5.18. The lowest BCUT2D eigenvalue weighted by atomic mass is 10.1. The maximum Gasteiger partial charge on any atom is 0.407 e. The highest BCUT2D eigenvalue weighted by molar-refractivity contribution is 9.10. The van der Waals surface area contributed by atoms with Gasteiger partial charge in [-0.05, 0) is 55.3 Å². The Morgan fingerprint density at radius 3 is 2.85 bits per heavy atom. The Kier molecular flexibility index (Phi) is 6.19. The number of anilines is 1. The minimum Gasteiger partial charge on any atom is -0.444 e. The summed E-state index contributed by atoms with van der Waals surface area (Å²) in [5.74, 6) is 0.289. The number of para-hydroxylation sites is 1. The van der Waals surface area contributed by atoms with Crippen molar-refractivity contribution in [3.8, 4) is 11.1 Å². The molecule has 3 N–H and O–H groups in total. The van der Waals surface area contributed by atoms with E-state index in [9.17, 15) is 4.79 Å². The number of benzene rings is 1. The molecular weight excluding hydrogens is 496 g/mol. The summed E-state index contributed by atoms with van der Waals surface area (Å²) >= 11 is 3.72. The van der Waals surface area contributed by atoms with Crippen LogP contribution < -0.4 is 11.1 Å². The summed E-state index contributed by atoms with van der Waals surface area (Å²) in [5, 5.41) is 4.43. The van der Waals surface area contributed by atoms with Gasteiger partial charge in [0.05, 0.1) is 22.9 Å². The number of hydrogen-bond acceptors (Lipinski definition) is 6. The zero-order valence-corrected chi connectivity index (χ0v) is 20.9. The van der Waals surface area contributed by atoms with Gasteiger partial charge in [-0.2, -0.15) is 0 Å². The Hall–Kier alpha value is -3.46. The third kappa shape index (κ3) is 4.89. The summed E-state index contributed by atoms with van der Waals surface area (Å²) in [5.41, 5.74) is 8.27. The van der Waals surface area contributed by atoms with E-state index in [-0.39, 0.29) is 18.0 Å². The van der Waals surface area contributed by atoms with Gasteiger partial charge in [-0.15, -0.1) is 6.58 Å². The minimum absolute atomic E-state index is 0.112. The number of aromatic nitrogens is 4. The molecule has 1 aromatic carbocycles. The molecule has 0 unspecified atom stereocenters. The van der Waals surface area contributed by atoms with E-state index in [1.54, 1.807) is 6.08 Å². The van der Waals surface area contributed by atoms with E-state index in [2.05, 4.69) is 42.8 Å². The van der Waals surface area contributed by atoms with Crippen molar-refractivity contribution in [2.75, 3.05) is 5.73 Å². The minimum atomic E-state index is -0.619. The lowest BCUT2D eigenvalue weighted by Crippen LogP contribution is -2.41. The maximum absolute atomic E-state index is 12.5. The first-order valence-electron chi connectivity index (χ1n) is 11.3. The van der Waals surface area contributed by atoms with Crippen LogP contribution in [0.3, 0.4) is 0 Å². The van der Waals surface area contributed by atoms with Crippen molar-refractivity contribution >= 4 is 49.8 Å². The van der Waals surface area contributed by atoms with E-state index in [4.69, 9.17) is 11.8 Å². The molecular formula is C25H27BrN6O2. The average Bonchev–Trinajstić information content (AvgIpc) is 3.04. The number of fused-ring (bicyclic) bond motifs is 2. The highest BCUT2D eigenvalue weighted by Gasteiger charge is 2.25. The van der Waals surface area contributed by atoms with E-state index in [0.717, 1.165) is 10.9 Å². The lowest BCUT2D eigenvalue weighted by Gasteiger charge is -2.24. The first kappa shape index (κ1) is 22.3. The molecule has 4 aromatic rings. The number of pyridine rings is 1. The molecule has 4 rings (SSSR count). The number of nitrogens with two attached hydrogens (primary N) is 1. The molecule has 3 heterocycles. The quantitative estimate of drug-likeness (QED) is 0.325. The largest absolute Gasteiger partial charge is 0.444 e. The molecule has 3 aromatic heterocycles. The molecule has 0 aliphatic rings. The topological polar surface area (TPSA) is 108 Å². The summed E-state index contributed by atoms with van der Waals surface area (Å²) in [4.78, 5) is 25.6. The van der Waals surface area contributed by atoms with Gasteiger partial charge in [0.1, 0.15) is 23.4 Å². The molecule has 0 bridgehead atoms.